The van der Waals surface area contributed by atoms with E-state index in [1.54, 1.807) is 5.38 Å². The van der Waals surface area contributed by atoms with E-state index in [1.165, 1.54) is 0 Å². The molecule has 1 saturated heterocycles. The van der Waals surface area contributed by atoms with Crippen LogP contribution in [0.2, 0.25) is 0 Å². The van der Waals surface area contributed by atoms with Crippen molar-refractivity contribution in [1.29, 1.82) is 0 Å². The van der Waals surface area contributed by atoms with Crippen molar-refractivity contribution >= 4 is 32.4 Å². The molecule has 1 amide bonds. The highest BCUT2D eigenvalue weighted by Gasteiger charge is 2.20. The number of thiazole rings is 1. The second-order valence-corrected chi connectivity index (χ2v) is 6.60. The van der Waals surface area contributed by atoms with Crippen LogP contribution >= 0.6 is 11.3 Å². The van der Waals surface area contributed by atoms with Crippen LogP contribution in [0.4, 0.5) is 5.13 Å². The van der Waals surface area contributed by atoms with E-state index >= 15 is 0 Å². The molecule has 0 bridgehead atoms. The second-order valence-electron chi connectivity index (χ2n) is 4.00. The normalized spacial score (nSPS) is 16.1. The third-order valence-corrected chi connectivity index (χ3v) is 3.67. The van der Waals surface area contributed by atoms with Gasteiger partial charge in [-0.1, -0.05) is 0 Å². The molecular formula is C9H13N3O4S2. The van der Waals surface area contributed by atoms with E-state index in [0.717, 1.165) is 17.6 Å². The summed E-state index contributed by atoms with van der Waals surface area (Å²) in [6, 6.07) is 0.0877. The van der Waals surface area contributed by atoms with E-state index in [0.29, 0.717) is 18.9 Å². The topological polar surface area (TPSA) is 97.4 Å². The number of nitrogens with zero attached hydrogens (tertiary/aromatic N) is 1. The molecular weight excluding hydrogens is 278 g/mol. The molecule has 0 unspecified atom stereocenters. The number of amides is 1. The molecule has 1 aromatic heterocycles. The van der Waals surface area contributed by atoms with E-state index in [1.807, 2.05) is 0 Å². The fourth-order valence-electron chi connectivity index (χ4n) is 1.36. The number of carbonyl (C=O) groups excluding carboxylic acids is 1. The fraction of sp³-hybridized carbons (Fsp3) is 0.556. The Bertz CT molecular complexity index is 536. The van der Waals surface area contributed by atoms with Crippen LogP contribution in [0.3, 0.4) is 0 Å². The van der Waals surface area contributed by atoms with Crippen molar-refractivity contribution in [2.45, 2.75) is 12.5 Å². The Morgan fingerprint density at radius 3 is 2.89 bits per heavy atom. The molecule has 7 nitrogen and oxygen atoms in total. The number of nitrogens with one attached hydrogen (secondary N) is 2. The average Bonchev–Trinajstić information content (AvgIpc) is 2.56. The second kappa shape index (κ2) is 5.21. The summed E-state index contributed by atoms with van der Waals surface area (Å²) in [6.07, 6.45) is 1.19. The van der Waals surface area contributed by atoms with Crippen LogP contribution in [0.1, 0.15) is 5.69 Å². The minimum atomic E-state index is -3.33. The molecule has 0 saturated carbocycles. The quantitative estimate of drug-likeness (QED) is 0.767. The van der Waals surface area contributed by atoms with Gasteiger partial charge in [-0.2, -0.15) is 0 Å². The summed E-state index contributed by atoms with van der Waals surface area (Å²) in [5.41, 5.74) is 0.545. The highest BCUT2D eigenvalue weighted by atomic mass is 32.2. The predicted molar refractivity (Wildman–Crippen MR) is 67.0 cm³/mol. The first-order chi connectivity index (χ1) is 8.42. The third-order valence-electron chi connectivity index (χ3n) is 2.17. The van der Waals surface area contributed by atoms with Gasteiger partial charge in [-0.15, -0.1) is 11.3 Å². The molecule has 1 aliphatic rings. The van der Waals surface area contributed by atoms with Gasteiger partial charge in [-0.25, -0.2) is 13.4 Å². The smallest absolute Gasteiger partial charge is 0.231 e. The number of anilines is 1. The van der Waals surface area contributed by atoms with E-state index in [9.17, 15) is 13.2 Å². The van der Waals surface area contributed by atoms with Crippen LogP contribution in [-0.4, -0.2) is 44.8 Å². The number of hydrogen-bond acceptors (Lipinski definition) is 6. The van der Waals surface area contributed by atoms with Gasteiger partial charge in [0, 0.05) is 5.38 Å². The minimum absolute atomic E-state index is 0.0877. The molecule has 0 aliphatic carbocycles. The molecule has 2 N–H and O–H groups in total. The Hall–Kier alpha value is -1.19. The lowest BCUT2D eigenvalue weighted by Gasteiger charge is -2.26. The summed E-state index contributed by atoms with van der Waals surface area (Å²) < 4.78 is 29.2. The zero-order valence-electron chi connectivity index (χ0n) is 9.67. The minimum Gasteiger partial charge on any atom is -0.377 e. The number of ether oxygens (including phenoxy) is 1. The van der Waals surface area contributed by atoms with E-state index < -0.39 is 10.0 Å². The number of aromatic nitrogens is 1. The summed E-state index contributed by atoms with van der Waals surface area (Å²) in [4.78, 5) is 15.6. The van der Waals surface area contributed by atoms with Gasteiger partial charge in [0.15, 0.2) is 5.13 Å². The number of carbonyl (C=O) groups is 1. The summed E-state index contributed by atoms with van der Waals surface area (Å²) in [7, 11) is -3.33. The molecule has 1 aromatic rings. The number of rotatable bonds is 5. The molecule has 1 aliphatic heterocycles. The Balaban J connectivity index is 1.87. The monoisotopic (exact) mass is 291 g/mol. The Morgan fingerprint density at radius 1 is 1.61 bits per heavy atom. The molecule has 2 heterocycles. The van der Waals surface area contributed by atoms with Gasteiger partial charge >= 0.3 is 0 Å². The van der Waals surface area contributed by atoms with Gasteiger partial charge in [0.05, 0.1) is 37.6 Å². The Labute approximate surface area is 109 Å². The maximum absolute atomic E-state index is 11.6. The highest BCUT2D eigenvalue weighted by Crippen LogP contribution is 2.16. The molecule has 100 valence electrons. The van der Waals surface area contributed by atoms with Crippen molar-refractivity contribution in [3.63, 3.8) is 0 Å². The van der Waals surface area contributed by atoms with Crippen LogP contribution in [0.25, 0.3) is 0 Å². The first kappa shape index (κ1) is 13.2. The molecule has 1 fully saturated rings. The van der Waals surface area contributed by atoms with Crippen molar-refractivity contribution in [3.05, 3.63) is 11.1 Å². The summed E-state index contributed by atoms with van der Waals surface area (Å²) >= 11 is 1.15. The zero-order chi connectivity index (χ0) is 13.2. The van der Waals surface area contributed by atoms with Gasteiger partial charge in [0.1, 0.15) is 0 Å². The van der Waals surface area contributed by atoms with Crippen LogP contribution in [0, 0.1) is 0 Å². The first-order valence-corrected chi connectivity index (χ1v) is 7.99. The molecule has 18 heavy (non-hydrogen) atoms. The van der Waals surface area contributed by atoms with Gasteiger partial charge in [0.25, 0.3) is 0 Å². The molecule has 0 radical (unpaired) electrons. The number of hydrogen-bond donors (Lipinski definition) is 2. The van der Waals surface area contributed by atoms with Crippen LogP contribution in [-0.2, 0) is 26.0 Å². The lowest BCUT2D eigenvalue weighted by atomic mass is 10.2. The van der Waals surface area contributed by atoms with Crippen molar-refractivity contribution in [1.82, 2.24) is 10.3 Å². The Kier molecular flexibility index (Phi) is 3.83. The van der Waals surface area contributed by atoms with E-state index in [2.05, 4.69) is 15.0 Å². The standard InChI is InChI=1S/C9H13N3O4S2/c1-18(14,15)12-9-11-6(5-17-9)2-8(13)10-7-3-16-4-7/h5,7H,2-4H2,1H3,(H,10,13)(H,11,12). The van der Waals surface area contributed by atoms with Crippen LogP contribution in [0.5, 0.6) is 0 Å². The molecule has 0 atom stereocenters. The van der Waals surface area contributed by atoms with E-state index in [-0.39, 0.29) is 23.5 Å². The first-order valence-electron chi connectivity index (χ1n) is 5.22. The molecule has 2 rings (SSSR count). The van der Waals surface area contributed by atoms with Crippen molar-refractivity contribution in [3.8, 4) is 0 Å². The summed E-state index contributed by atoms with van der Waals surface area (Å²) in [6.45, 7) is 1.09. The molecule has 9 heteroatoms. The average molecular weight is 291 g/mol. The fourth-order valence-corrected chi connectivity index (χ4v) is 2.92. The maximum Gasteiger partial charge on any atom is 0.231 e. The molecule has 0 aromatic carbocycles. The van der Waals surface area contributed by atoms with Gasteiger partial charge < -0.3 is 10.1 Å². The summed E-state index contributed by atoms with van der Waals surface area (Å²) in [5, 5.41) is 4.71. The highest BCUT2D eigenvalue weighted by molar-refractivity contribution is 7.92. The van der Waals surface area contributed by atoms with Crippen LogP contribution < -0.4 is 10.0 Å². The number of sulfonamides is 1. The SMILES string of the molecule is CS(=O)(=O)Nc1nc(CC(=O)NC2COC2)cs1. The van der Waals surface area contributed by atoms with Gasteiger partial charge in [-0.3, -0.25) is 9.52 Å². The largest absolute Gasteiger partial charge is 0.377 e. The van der Waals surface area contributed by atoms with Gasteiger partial charge in [0.2, 0.25) is 15.9 Å². The van der Waals surface area contributed by atoms with Crippen molar-refractivity contribution in [2.75, 3.05) is 24.2 Å². The van der Waals surface area contributed by atoms with E-state index in [4.69, 9.17) is 4.74 Å². The van der Waals surface area contributed by atoms with Crippen LogP contribution in [0.15, 0.2) is 5.38 Å². The maximum atomic E-state index is 11.6. The van der Waals surface area contributed by atoms with Gasteiger partial charge in [-0.05, 0) is 0 Å². The lowest BCUT2D eigenvalue weighted by molar-refractivity contribution is -0.124. The molecule has 0 spiro atoms. The predicted octanol–water partition coefficient (Wildman–Crippen LogP) is -0.428. The summed E-state index contributed by atoms with van der Waals surface area (Å²) in [5.74, 6) is -0.139. The third kappa shape index (κ3) is 3.93. The lowest BCUT2D eigenvalue weighted by Crippen LogP contribution is -2.49. The van der Waals surface area contributed by atoms with Crippen molar-refractivity contribution in [2.24, 2.45) is 0 Å². The van der Waals surface area contributed by atoms with Crippen molar-refractivity contribution < 1.29 is 17.9 Å². The Morgan fingerprint density at radius 2 is 2.33 bits per heavy atom. The zero-order valence-corrected chi connectivity index (χ0v) is 11.3.